The van der Waals surface area contributed by atoms with Gasteiger partial charge in [0, 0.05) is 11.9 Å². The molecule has 4 nitrogen and oxygen atoms in total. The molecule has 1 aromatic carbocycles. The molecule has 0 spiro atoms. The van der Waals surface area contributed by atoms with Crippen molar-refractivity contribution in [3.63, 3.8) is 0 Å². The van der Waals surface area contributed by atoms with Gasteiger partial charge in [0.05, 0.1) is 5.69 Å². The second-order valence-corrected chi connectivity index (χ2v) is 6.39. The maximum absolute atomic E-state index is 13.0. The van der Waals surface area contributed by atoms with Gasteiger partial charge in [-0.2, -0.15) is 0 Å². The maximum atomic E-state index is 13.0. The number of benzene rings is 1. The number of nitrogens with one attached hydrogen (secondary N) is 1. The summed E-state index contributed by atoms with van der Waals surface area (Å²) in [6.45, 7) is 8.29. The highest BCUT2D eigenvalue weighted by Gasteiger charge is 2.19. The molecule has 3 aromatic rings. The molecule has 2 aromatic heterocycles. The SMILES string of the molecule is CCc1nc2ccc(C)cn2c1C(=O)Nc1ccccc1C(C)C. The number of carbonyl (C=O) groups excluding carboxylic acids is 1. The average molecular weight is 321 g/mol. The van der Waals surface area contributed by atoms with E-state index in [1.165, 1.54) is 0 Å². The number of aryl methyl sites for hydroxylation is 2. The molecule has 4 heteroatoms. The van der Waals surface area contributed by atoms with Crippen LogP contribution in [0.25, 0.3) is 5.65 Å². The van der Waals surface area contributed by atoms with E-state index < -0.39 is 0 Å². The number of anilines is 1. The van der Waals surface area contributed by atoms with E-state index in [0.29, 0.717) is 11.6 Å². The lowest BCUT2D eigenvalue weighted by Crippen LogP contribution is -2.17. The number of pyridine rings is 1. The van der Waals surface area contributed by atoms with Crippen molar-refractivity contribution in [2.75, 3.05) is 5.32 Å². The second kappa shape index (κ2) is 6.48. The Morgan fingerprint density at radius 2 is 1.96 bits per heavy atom. The van der Waals surface area contributed by atoms with Gasteiger partial charge in [-0.15, -0.1) is 0 Å². The van der Waals surface area contributed by atoms with Crippen LogP contribution in [-0.2, 0) is 6.42 Å². The zero-order chi connectivity index (χ0) is 17.3. The molecule has 0 aliphatic heterocycles. The Hall–Kier alpha value is -2.62. The summed E-state index contributed by atoms with van der Waals surface area (Å²) in [5, 5.41) is 3.08. The average Bonchev–Trinajstić information content (AvgIpc) is 2.92. The number of hydrogen-bond acceptors (Lipinski definition) is 2. The molecule has 2 heterocycles. The molecule has 3 rings (SSSR count). The molecule has 24 heavy (non-hydrogen) atoms. The van der Waals surface area contributed by atoms with Crippen LogP contribution >= 0.6 is 0 Å². The lowest BCUT2D eigenvalue weighted by Gasteiger charge is -2.14. The number of amides is 1. The number of imidazole rings is 1. The third-order valence-corrected chi connectivity index (χ3v) is 4.22. The molecular weight excluding hydrogens is 298 g/mol. The van der Waals surface area contributed by atoms with Crippen molar-refractivity contribution >= 4 is 17.2 Å². The van der Waals surface area contributed by atoms with Crippen LogP contribution in [0.1, 0.15) is 54.0 Å². The highest BCUT2D eigenvalue weighted by atomic mass is 16.2. The number of nitrogens with zero attached hydrogens (tertiary/aromatic N) is 2. The van der Waals surface area contributed by atoms with Crippen LogP contribution in [0.4, 0.5) is 5.69 Å². The molecule has 0 radical (unpaired) electrons. The van der Waals surface area contributed by atoms with E-state index in [1.54, 1.807) is 0 Å². The van der Waals surface area contributed by atoms with Crippen LogP contribution in [0.3, 0.4) is 0 Å². The van der Waals surface area contributed by atoms with Crippen molar-refractivity contribution in [2.24, 2.45) is 0 Å². The monoisotopic (exact) mass is 321 g/mol. The normalized spacial score (nSPS) is 11.2. The van der Waals surface area contributed by atoms with Crippen LogP contribution < -0.4 is 5.32 Å². The largest absolute Gasteiger partial charge is 0.320 e. The van der Waals surface area contributed by atoms with Gasteiger partial charge in [0.25, 0.3) is 5.91 Å². The third kappa shape index (κ3) is 2.92. The van der Waals surface area contributed by atoms with E-state index in [-0.39, 0.29) is 5.91 Å². The minimum atomic E-state index is -0.113. The molecule has 0 bridgehead atoms. The van der Waals surface area contributed by atoms with Crippen molar-refractivity contribution in [3.05, 3.63) is 65.1 Å². The lowest BCUT2D eigenvalue weighted by atomic mass is 10.0. The fraction of sp³-hybridized carbons (Fsp3) is 0.300. The van der Waals surface area contributed by atoms with E-state index in [2.05, 4.69) is 30.2 Å². The molecule has 1 N–H and O–H groups in total. The van der Waals surface area contributed by atoms with Gasteiger partial charge in [0.15, 0.2) is 0 Å². The van der Waals surface area contributed by atoms with Crippen LogP contribution in [-0.4, -0.2) is 15.3 Å². The molecule has 0 aliphatic rings. The molecular formula is C20H23N3O. The van der Waals surface area contributed by atoms with Crippen molar-refractivity contribution in [2.45, 2.75) is 40.0 Å². The van der Waals surface area contributed by atoms with Crippen LogP contribution in [0.5, 0.6) is 0 Å². The van der Waals surface area contributed by atoms with Crippen molar-refractivity contribution < 1.29 is 4.79 Å². The smallest absolute Gasteiger partial charge is 0.274 e. The Morgan fingerprint density at radius 3 is 2.67 bits per heavy atom. The second-order valence-electron chi connectivity index (χ2n) is 6.39. The van der Waals surface area contributed by atoms with Crippen molar-refractivity contribution in [1.29, 1.82) is 0 Å². The summed E-state index contributed by atoms with van der Waals surface area (Å²) < 4.78 is 1.89. The summed E-state index contributed by atoms with van der Waals surface area (Å²) in [4.78, 5) is 17.6. The maximum Gasteiger partial charge on any atom is 0.274 e. The van der Waals surface area contributed by atoms with Gasteiger partial charge < -0.3 is 5.32 Å². The van der Waals surface area contributed by atoms with Gasteiger partial charge >= 0.3 is 0 Å². The van der Waals surface area contributed by atoms with Crippen molar-refractivity contribution in [3.8, 4) is 0 Å². The van der Waals surface area contributed by atoms with Crippen molar-refractivity contribution in [1.82, 2.24) is 9.38 Å². The van der Waals surface area contributed by atoms with Gasteiger partial charge in [0.2, 0.25) is 0 Å². The summed E-state index contributed by atoms with van der Waals surface area (Å²) >= 11 is 0. The lowest BCUT2D eigenvalue weighted by molar-refractivity contribution is 0.102. The van der Waals surface area contributed by atoms with E-state index in [0.717, 1.165) is 34.6 Å². The standard InChI is InChI=1S/C20H23N3O/c1-5-16-19(23-12-14(4)10-11-18(23)21-16)20(24)22-17-9-7-6-8-15(17)13(2)3/h6-13H,5H2,1-4H3,(H,22,24). The fourth-order valence-electron chi connectivity index (χ4n) is 2.98. The minimum absolute atomic E-state index is 0.113. The fourth-order valence-corrected chi connectivity index (χ4v) is 2.98. The first-order valence-corrected chi connectivity index (χ1v) is 8.39. The molecule has 0 fully saturated rings. The van der Waals surface area contributed by atoms with E-state index in [1.807, 2.05) is 54.8 Å². The predicted molar refractivity (Wildman–Crippen MR) is 97.8 cm³/mol. The Morgan fingerprint density at radius 1 is 1.21 bits per heavy atom. The van der Waals surface area contributed by atoms with Crippen LogP contribution in [0.2, 0.25) is 0 Å². The van der Waals surface area contributed by atoms with Gasteiger partial charge in [-0.25, -0.2) is 4.98 Å². The zero-order valence-corrected chi connectivity index (χ0v) is 14.6. The Kier molecular flexibility index (Phi) is 4.38. The van der Waals surface area contributed by atoms with Gasteiger partial charge in [-0.1, -0.05) is 45.0 Å². The summed E-state index contributed by atoms with van der Waals surface area (Å²) in [6, 6.07) is 11.9. The number of aromatic nitrogens is 2. The van der Waals surface area contributed by atoms with Gasteiger partial charge in [0.1, 0.15) is 11.3 Å². The number of hydrogen-bond donors (Lipinski definition) is 1. The quantitative estimate of drug-likeness (QED) is 0.764. The van der Waals surface area contributed by atoms with E-state index >= 15 is 0 Å². The summed E-state index contributed by atoms with van der Waals surface area (Å²) in [6.07, 6.45) is 2.68. The first kappa shape index (κ1) is 16.2. The Balaban J connectivity index is 2.05. The highest BCUT2D eigenvalue weighted by molar-refractivity contribution is 6.05. The van der Waals surface area contributed by atoms with Crippen LogP contribution in [0, 0.1) is 6.92 Å². The number of fused-ring (bicyclic) bond motifs is 1. The molecule has 0 saturated carbocycles. The Bertz CT molecular complexity index is 893. The van der Waals surface area contributed by atoms with Gasteiger partial charge in [-0.3, -0.25) is 9.20 Å². The summed E-state index contributed by atoms with van der Waals surface area (Å²) in [5.41, 5.74) is 5.34. The highest BCUT2D eigenvalue weighted by Crippen LogP contribution is 2.25. The van der Waals surface area contributed by atoms with Crippen LogP contribution in [0.15, 0.2) is 42.6 Å². The zero-order valence-electron chi connectivity index (χ0n) is 14.6. The number of para-hydroxylation sites is 1. The molecule has 0 unspecified atom stereocenters. The minimum Gasteiger partial charge on any atom is -0.320 e. The predicted octanol–water partition coefficient (Wildman–Crippen LogP) is 4.58. The van der Waals surface area contributed by atoms with E-state index in [4.69, 9.17) is 0 Å². The van der Waals surface area contributed by atoms with E-state index in [9.17, 15) is 4.79 Å². The number of carbonyl (C=O) groups is 1. The summed E-state index contributed by atoms with van der Waals surface area (Å²) in [5.74, 6) is 0.231. The molecule has 0 atom stereocenters. The first-order chi connectivity index (χ1) is 11.5. The number of rotatable bonds is 4. The van der Waals surface area contributed by atoms with Gasteiger partial charge in [-0.05, 0) is 42.5 Å². The molecule has 1 amide bonds. The third-order valence-electron chi connectivity index (χ3n) is 4.22. The molecule has 124 valence electrons. The summed E-state index contributed by atoms with van der Waals surface area (Å²) in [7, 11) is 0. The topological polar surface area (TPSA) is 46.4 Å². The molecule has 0 saturated heterocycles. The first-order valence-electron chi connectivity index (χ1n) is 8.39. The Labute approximate surface area is 142 Å². The molecule has 0 aliphatic carbocycles.